The van der Waals surface area contributed by atoms with Gasteiger partial charge >= 0.3 is 0 Å². The summed E-state index contributed by atoms with van der Waals surface area (Å²) in [5, 5.41) is 14.0. The lowest BCUT2D eigenvalue weighted by Crippen LogP contribution is -2.21. The molecule has 0 atom stereocenters. The highest BCUT2D eigenvalue weighted by molar-refractivity contribution is 6.29. The molecule has 0 radical (unpaired) electrons. The standard InChI is InChI=1S/C11H15ClN4/c1-14-5-4-10(13)8-15-6-9-2-3-11(12)16-7-9/h2-5,7,13-15H,6,8H2,1H3/b5-4-,13-10?. The maximum atomic E-state index is 7.57. The number of pyridine rings is 1. The fourth-order valence-electron chi connectivity index (χ4n) is 1.10. The molecule has 1 aromatic heterocycles. The van der Waals surface area contributed by atoms with Crippen LogP contribution in [-0.2, 0) is 6.54 Å². The molecule has 1 rings (SSSR count). The van der Waals surface area contributed by atoms with E-state index in [1.807, 2.05) is 6.07 Å². The van der Waals surface area contributed by atoms with Crippen LogP contribution < -0.4 is 10.6 Å². The molecule has 5 heteroatoms. The second kappa shape index (κ2) is 6.98. The summed E-state index contributed by atoms with van der Waals surface area (Å²) in [6.07, 6.45) is 5.17. The van der Waals surface area contributed by atoms with Crippen LogP contribution in [0.5, 0.6) is 0 Å². The molecule has 0 fully saturated rings. The molecular weight excluding hydrogens is 224 g/mol. The van der Waals surface area contributed by atoms with Crippen LogP contribution in [0.2, 0.25) is 5.15 Å². The smallest absolute Gasteiger partial charge is 0.129 e. The maximum Gasteiger partial charge on any atom is 0.129 e. The fraction of sp³-hybridized carbons (Fsp3) is 0.273. The van der Waals surface area contributed by atoms with Gasteiger partial charge in [-0.25, -0.2) is 4.98 Å². The Morgan fingerprint density at radius 2 is 2.38 bits per heavy atom. The van der Waals surface area contributed by atoms with E-state index in [0.717, 1.165) is 5.56 Å². The minimum atomic E-state index is 0.494. The van der Waals surface area contributed by atoms with E-state index in [1.165, 1.54) is 0 Å². The molecule has 86 valence electrons. The molecule has 0 saturated carbocycles. The lowest BCUT2D eigenvalue weighted by Gasteiger charge is -2.03. The number of nitrogens with one attached hydrogen (secondary N) is 3. The van der Waals surface area contributed by atoms with Gasteiger partial charge in [0.15, 0.2) is 0 Å². The Kier molecular flexibility index (Phi) is 5.53. The van der Waals surface area contributed by atoms with Crippen molar-refractivity contribution in [3.8, 4) is 0 Å². The summed E-state index contributed by atoms with van der Waals surface area (Å²) >= 11 is 5.67. The van der Waals surface area contributed by atoms with Crippen molar-refractivity contribution in [3.05, 3.63) is 41.3 Å². The molecule has 16 heavy (non-hydrogen) atoms. The zero-order valence-corrected chi connectivity index (χ0v) is 9.88. The minimum absolute atomic E-state index is 0.494. The highest BCUT2D eigenvalue weighted by Gasteiger charge is 1.95. The first-order chi connectivity index (χ1) is 7.72. The van der Waals surface area contributed by atoms with Crippen LogP contribution in [0.25, 0.3) is 0 Å². The SMILES string of the molecule is CN/C=C\C(=N)CNCc1ccc(Cl)nc1. The van der Waals surface area contributed by atoms with E-state index in [-0.39, 0.29) is 0 Å². The van der Waals surface area contributed by atoms with Gasteiger partial charge in [-0.05, 0) is 23.9 Å². The van der Waals surface area contributed by atoms with E-state index in [2.05, 4.69) is 15.6 Å². The maximum absolute atomic E-state index is 7.57. The predicted octanol–water partition coefficient (Wildman–Crippen LogP) is 1.58. The first-order valence-electron chi connectivity index (χ1n) is 4.95. The van der Waals surface area contributed by atoms with Crippen LogP contribution in [0, 0.1) is 5.41 Å². The van der Waals surface area contributed by atoms with E-state index in [1.54, 1.807) is 31.6 Å². The average Bonchev–Trinajstić information content (AvgIpc) is 2.29. The number of rotatable bonds is 6. The van der Waals surface area contributed by atoms with Crippen LogP contribution in [0.15, 0.2) is 30.6 Å². The molecule has 0 saturated heterocycles. The summed E-state index contributed by atoms with van der Waals surface area (Å²) in [5.41, 5.74) is 1.58. The van der Waals surface area contributed by atoms with Crippen LogP contribution >= 0.6 is 11.6 Å². The molecule has 0 aliphatic heterocycles. The van der Waals surface area contributed by atoms with E-state index in [0.29, 0.717) is 24.0 Å². The largest absolute Gasteiger partial charge is 0.394 e. The van der Waals surface area contributed by atoms with Crippen molar-refractivity contribution >= 4 is 17.3 Å². The first-order valence-corrected chi connectivity index (χ1v) is 5.32. The molecule has 1 aromatic rings. The van der Waals surface area contributed by atoms with Crippen LogP contribution in [0.4, 0.5) is 0 Å². The molecule has 0 spiro atoms. The lowest BCUT2D eigenvalue weighted by atomic mass is 10.3. The van der Waals surface area contributed by atoms with Crippen molar-refractivity contribution in [2.75, 3.05) is 13.6 Å². The van der Waals surface area contributed by atoms with Gasteiger partial charge in [0.2, 0.25) is 0 Å². The molecule has 1 heterocycles. The van der Waals surface area contributed by atoms with Crippen molar-refractivity contribution in [2.24, 2.45) is 0 Å². The summed E-state index contributed by atoms with van der Waals surface area (Å²) in [5.74, 6) is 0. The second-order valence-electron chi connectivity index (χ2n) is 3.24. The Labute approximate surface area is 100 Å². The summed E-state index contributed by atoms with van der Waals surface area (Å²) < 4.78 is 0. The van der Waals surface area contributed by atoms with E-state index >= 15 is 0 Å². The van der Waals surface area contributed by atoms with Crippen molar-refractivity contribution in [2.45, 2.75) is 6.54 Å². The quantitative estimate of drug-likeness (QED) is 0.521. The minimum Gasteiger partial charge on any atom is -0.394 e. The molecule has 0 aromatic carbocycles. The van der Waals surface area contributed by atoms with Crippen LogP contribution in [-0.4, -0.2) is 24.3 Å². The molecular formula is C11H15ClN4. The van der Waals surface area contributed by atoms with E-state index in [9.17, 15) is 0 Å². The Morgan fingerprint density at radius 3 is 3.00 bits per heavy atom. The van der Waals surface area contributed by atoms with Crippen LogP contribution in [0.1, 0.15) is 5.56 Å². The van der Waals surface area contributed by atoms with E-state index < -0.39 is 0 Å². The zero-order chi connectivity index (χ0) is 11.8. The van der Waals surface area contributed by atoms with Gasteiger partial charge in [-0.1, -0.05) is 17.7 Å². The zero-order valence-electron chi connectivity index (χ0n) is 9.13. The first kappa shape index (κ1) is 12.7. The van der Waals surface area contributed by atoms with Gasteiger partial charge in [-0.3, -0.25) is 0 Å². The molecule has 0 unspecified atom stereocenters. The normalized spacial score (nSPS) is 10.6. The Balaban J connectivity index is 2.28. The topological polar surface area (TPSA) is 60.8 Å². The molecule has 0 aliphatic rings. The molecule has 0 aliphatic carbocycles. The van der Waals surface area contributed by atoms with Gasteiger partial charge in [-0.15, -0.1) is 0 Å². The van der Waals surface area contributed by atoms with Gasteiger partial charge in [0.25, 0.3) is 0 Å². The lowest BCUT2D eigenvalue weighted by molar-refractivity contribution is 0.772. The molecule has 4 nitrogen and oxygen atoms in total. The Morgan fingerprint density at radius 1 is 1.56 bits per heavy atom. The van der Waals surface area contributed by atoms with Crippen LogP contribution in [0.3, 0.4) is 0 Å². The number of halogens is 1. The third kappa shape index (κ3) is 4.91. The summed E-state index contributed by atoms with van der Waals surface area (Å²) in [6, 6.07) is 3.67. The monoisotopic (exact) mass is 238 g/mol. The van der Waals surface area contributed by atoms with Crippen molar-refractivity contribution in [3.63, 3.8) is 0 Å². The molecule has 0 amide bonds. The fourth-order valence-corrected chi connectivity index (χ4v) is 1.21. The highest BCUT2D eigenvalue weighted by Crippen LogP contribution is 2.04. The summed E-state index contributed by atoms with van der Waals surface area (Å²) in [4.78, 5) is 3.97. The number of nitrogens with zero attached hydrogens (tertiary/aromatic N) is 1. The van der Waals surface area contributed by atoms with E-state index in [4.69, 9.17) is 17.0 Å². The number of hydrogen-bond donors (Lipinski definition) is 3. The summed E-state index contributed by atoms with van der Waals surface area (Å²) in [6.45, 7) is 1.21. The third-order valence-corrected chi connectivity index (χ3v) is 2.11. The number of hydrogen-bond acceptors (Lipinski definition) is 4. The van der Waals surface area contributed by atoms with Gasteiger partial charge in [0.1, 0.15) is 5.15 Å². The van der Waals surface area contributed by atoms with Crippen molar-refractivity contribution in [1.82, 2.24) is 15.6 Å². The average molecular weight is 239 g/mol. The van der Waals surface area contributed by atoms with Gasteiger partial charge in [0.05, 0.1) is 0 Å². The van der Waals surface area contributed by atoms with Gasteiger partial charge in [-0.2, -0.15) is 0 Å². The molecule has 0 bridgehead atoms. The van der Waals surface area contributed by atoms with Crippen molar-refractivity contribution in [1.29, 1.82) is 5.41 Å². The highest BCUT2D eigenvalue weighted by atomic mass is 35.5. The Hall–Kier alpha value is -1.39. The Bertz CT molecular complexity index is 359. The third-order valence-electron chi connectivity index (χ3n) is 1.88. The van der Waals surface area contributed by atoms with Crippen molar-refractivity contribution < 1.29 is 0 Å². The summed E-state index contributed by atoms with van der Waals surface area (Å²) in [7, 11) is 1.80. The van der Waals surface area contributed by atoms with Gasteiger partial charge in [0, 0.05) is 32.0 Å². The second-order valence-corrected chi connectivity index (χ2v) is 3.63. The molecule has 3 N–H and O–H groups in total. The van der Waals surface area contributed by atoms with Gasteiger partial charge < -0.3 is 16.0 Å². The predicted molar refractivity (Wildman–Crippen MR) is 66.9 cm³/mol. The number of aromatic nitrogens is 1.